The second-order valence-electron chi connectivity index (χ2n) is 2.72. The lowest BCUT2D eigenvalue weighted by molar-refractivity contribution is -0.110. The normalized spacial score (nSPS) is 11.7. The van der Waals surface area contributed by atoms with E-state index in [4.69, 9.17) is 5.21 Å². The van der Waals surface area contributed by atoms with Gasteiger partial charge in [-0.25, -0.2) is 0 Å². The summed E-state index contributed by atoms with van der Waals surface area (Å²) >= 11 is 0. The second-order valence-corrected chi connectivity index (χ2v) is 2.72. The second kappa shape index (κ2) is 5.59. The van der Waals surface area contributed by atoms with Gasteiger partial charge in [0, 0.05) is 0 Å². The molecule has 0 saturated heterocycles. The molecule has 4 heteroatoms. The average Bonchev–Trinajstić information content (AvgIpc) is 2.29. The van der Waals surface area contributed by atoms with Crippen molar-refractivity contribution in [3.63, 3.8) is 0 Å². The van der Waals surface area contributed by atoms with Gasteiger partial charge in [-0.15, -0.1) is 0 Å². The van der Waals surface area contributed by atoms with Gasteiger partial charge in [0.2, 0.25) is 5.78 Å². The Kier molecular flexibility index (Phi) is 4.09. The minimum atomic E-state index is -0.483. The first kappa shape index (κ1) is 11.0. The first-order valence-corrected chi connectivity index (χ1v) is 4.31. The van der Waals surface area contributed by atoms with Gasteiger partial charge in [-0.2, -0.15) is 0 Å². The molecular weight excluding hydrogens is 194 g/mol. The SMILES string of the molecule is CO/C(=N\O)C(=O)/C=C/c1ccccc1. The number of carbonyl (C=O) groups excluding carboxylic acids is 1. The van der Waals surface area contributed by atoms with Gasteiger partial charge >= 0.3 is 0 Å². The van der Waals surface area contributed by atoms with Gasteiger partial charge in [0.15, 0.2) is 0 Å². The Morgan fingerprint density at radius 2 is 2.07 bits per heavy atom. The van der Waals surface area contributed by atoms with Gasteiger partial charge in [-0.1, -0.05) is 36.4 Å². The number of nitrogens with zero attached hydrogens (tertiary/aromatic N) is 1. The predicted octanol–water partition coefficient (Wildman–Crippen LogP) is 1.70. The molecule has 78 valence electrons. The Hall–Kier alpha value is -2.10. The molecule has 0 bridgehead atoms. The van der Waals surface area contributed by atoms with E-state index in [1.54, 1.807) is 6.08 Å². The molecule has 0 atom stereocenters. The van der Waals surface area contributed by atoms with Crippen molar-refractivity contribution in [3.8, 4) is 0 Å². The van der Waals surface area contributed by atoms with Crippen LogP contribution in [-0.2, 0) is 9.53 Å². The number of ketones is 1. The number of hydrogen-bond acceptors (Lipinski definition) is 4. The zero-order valence-electron chi connectivity index (χ0n) is 8.25. The maximum Gasteiger partial charge on any atom is 0.298 e. The molecule has 0 radical (unpaired) electrons. The van der Waals surface area contributed by atoms with E-state index in [-0.39, 0.29) is 5.90 Å². The Bertz CT molecular complexity index is 382. The van der Waals surface area contributed by atoms with Crippen molar-refractivity contribution in [2.24, 2.45) is 5.16 Å². The summed E-state index contributed by atoms with van der Waals surface area (Å²) in [5, 5.41) is 11.1. The van der Waals surface area contributed by atoms with Crippen molar-refractivity contribution >= 4 is 17.8 Å². The van der Waals surface area contributed by atoms with E-state index in [1.165, 1.54) is 13.2 Å². The highest BCUT2D eigenvalue weighted by Gasteiger charge is 2.07. The van der Waals surface area contributed by atoms with E-state index in [0.29, 0.717) is 0 Å². The summed E-state index contributed by atoms with van der Waals surface area (Å²) in [6.45, 7) is 0. The van der Waals surface area contributed by atoms with E-state index in [1.807, 2.05) is 30.3 Å². The molecular formula is C11H11NO3. The van der Waals surface area contributed by atoms with Crippen molar-refractivity contribution in [2.45, 2.75) is 0 Å². The molecule has 0 aromatic heterocycles. The lowest BCUT2D eigenvalue weighted by Gasteiger charge is -1.96. The Balaban J connectivity index is 2.71. The van der Waals surface area contributed by atoms with Crippen LogP contribution in [0, 0.1) is 0 Å². The van der Waals surface area contributed by atoms with Gasteiger partial charge in [-0.05, 0) is 16.8 Å². The lowest BCUT2D eigenvalue weighted by atomic mass is 10.2. The van der Waals surface area contributed by atoms with Crippen LogP contribution in [0.3, 0.4) is 0 Å². The number of benzene rings is 1. The Labute approximate surface area is 87.5 Å². The molecule has 0 heterocycles. The van der Waals surface area contributed by atoms with Gasteiger partial charge in [-0.3, -0.25) is 4.79 Å². The highest BCUT2D eigenvalue weighted by atomic mass is 16.5. The van der Waals surface area contributed by atoms with Crippen molar-refractivity contribution in [1.29, 1.82) is 0 Å². The monoisotopic (exact) mass is 205 g/mol. The molecule has 0 aliphatic carbocycles. The number of hydrogen-bond donors (Lipinski definition) is 1. The first-order valence-electron chi connectivity index (χ1n) is 4.31. The zero-order valence-corrected chi connectivity index (χ0v) is 8.25. The number of ether oxygens (including phenoxy) is 1. The van der Waals surface area contributed by atoms with Crippen LogP contribution >= 0.6 is 0 Å². The van der Waals surface area contributed by atoms with Crippen molar-refractivity contribution in [2.75, 3.05) is 7.11 Å². The van der Waals surface area contributed by atoms with E-state index in [9.17, 15) is 4.79 Å². The average molecular weight is 205 g/mol. The van der Waals surface area contributed by atoms with E-state index >= 15 is 0 Å². The van der Waals surface area contributed by atoms with E-state index in [0.717, 1.165) is 5.56 Å². The zero-order chi connectivity index (χ0) is 11.1. The van der Waals surface area contributed by atoms with Gasteiger partial charge in [0.25, 0.3) is 5.90 Å². The fraction of sp³-hybridized carbons (Fsp3) is 0.0909. The number of carbonyl (C=O) groups is 1. The molecule has 0 spiro atoms. The summed E-state index contributed by atoms with van der Waals surface area (Å²) < 4.78 is 4.55. The van der Waals surface area contributed by atoms with Crippen LogP contribution in [0.5, 0.6) is 0 Å². The maximum atomic E-state index is 11.3. The third-order valence-corrected chi connectivity index (χ3v) is 1.72. The van der Waals surface area contributed by atoms with Gasteiger partial charge in [0.1, 0.15) is 0 Å². The van der Waals surface area contributed by atoms with Crippen molar-refractivity contribution in [3.05, 3.63) is 42.0 Å². The molecule has 0 unspecified atom stereocenters. The van der Waals surface area contributed by atoms with Crippen LogP contribution in [0.2, 0.25) is 0 Å². The van der Waals surface area contributed by atoms with Crippen LogP contribution < -0.4 is 0 Å². The van der Waals surface area contributed by atoms with Crippen molar-refractivity contribution < 1.29 is 14.7 Å². The van der Waals surface area contributed by atoms with Crippen LogP contribution in [0.15, 0.2) is 41.6 Å². The largest absolute Gasteiger partial charge is 0.476 e. The quantitative estimate of drug-likeness (QED) is 0.268. The molecule has 15 heavy (non-hydrogen) atoms. The molecule has 0 saturated carbocycles. The summed E-state index contributed by atoms with van der Waals surface area (Å²) in [7, 11) is 1.27. The fourth-order valence-electron chi connectivity index (χ4n) is 0.998. The summed E-state index contributed by atoms with van der Waals surface area (Å²) in [5.74, 6) is -0.814. The summed E-state index contributed by atoms with van der Waals surface area (Å²) in [4.78, 5) is 11.3. The molecule has 1 aromatic rings. The van der Waals surface area contributed by atoms with Crippen LogP contribution in [0.4, 0.5) is 0 Å². The fourth-order valence-corrected chi connectivity index (χ4v) is 0.998. The van der Waals surface area contributed by atoms with Crippen LogP contribution in [0.1, 0.15) is 5.56 Å². The molecule has 0 amide bonds. The molecule has 0 aliphatic heterocycles. The molecule has 4 nitrogen and oxygen atoms in total. The van der Waals surface area contributed by atoms with E-state index < -0.39 is 5.78 Å². The minimum Gasteiger partial charge on any atom is -0.476 e. The third-order valence-electron chi connectivity index (χ3n) is 1.72. The minimum absolute atomic E-state index is 0.331. The molecule has 1 N–H and O–H groups in total. The topological polar surface area (TPSA) is 58.9 Å². The molecule has 1 rings (SSSR count). The Morgan fingerprint density at radius 3 is 2.60 bits per heavy atom. The summed E-state index contributed by atoms with van der Waals surface area (Å²) in [6.07, 6.45) is 2.90. The standard InChI is InChI=1S/C11H11NO3/c1-15-11(12-14)10(13)8-7-9-5-3-2-4-6-9/h2-8,14H,1H3/b8-7+,12-11-. The highest BCUT2D eigenvalue weighted by molar-refractivity contribution is 6.41. The third kappa shape index (κ3) is 3.27. The smallest absolute Gasteiger partial charge is 0.298 e. The maximum absolute atomic E-state index is 11.3. The predicted molar refractivity (Wildman–Crippen MR) is 56.7 cm³/mol. The van der Waals surface area contributed by atoms with Gasteiger partial charge < -0.3 is 9.94 Å². The highest BCUT2D eigenvalue weighted by Crippen LogP contribution is 2.01. The molecule has 0 aliphatic rings. The van der Waals surface area contributed by atoms with Gasteiger partial charge in [0.05, 0.1) is 7.11 Å². The van der Waals surface area contributed by atoms with Crippen LogP contribution in [-0.4, -0.2) is 24.0 Å². The number of methoxy groups -OCH3 is 1. The summed E-state index contributed by atoms with van der Waals surface area (Å²) in [6, 6.07) is 9.32. The Morgan fingerprint density at radius 1 is 1.40 bits per heavy atom. The number of rotatable bonds is 3. The lowest BCUT2D eigenvalue weighted by Crippen LogP contribution is -2.13. The van der Waals surface area contributed by atoms with Crippen LogP contribution in [0.25, 0.3) is 6.08 Å². The molecule has 1 aromatic carbocycles. The number of oxime groups is 1. The molecule has 0 fully saturated rings. The van der Waals surface area contributed by atoms with Crippen molar-refractivity contribution in [1.82, 2.24) is 0 Å². The van der Waals surface area contributed by atoms with E-state index in [2.05, 4.69) is 9.89 Å². The summed E-state index contributed by atoms with van der Waals surface area (Å²) in [5.41, 5.74) is 0.888. The first-order chi connectivity index (χ1) is 7.27.